The smallest absolute Gasteiger partial charge is 0.247 e. The third-order valence-corrected chi connectivity index (χ3v) is 12.4. The van der Waals surface area contributed by atoms with Crippen molar-refractivity contribution in [3.63, 3.8) is 0 Å². The van der Waals surface area contributed by atoms with Gasteiger partial charge in [0.05, 0.1) is 10.8 Å². The average molecular weight is 701 g/mol. The van der Waals surface area contributed by atoms with Crippen LogP contribution in [0.4, 0.5) is 20.2 Å². The maximum absolute atomic E-state index is 15.0. The van der Waals surface area contributed by atoms with Gasteiger partial charge >= 0.3 is 0 Å². The highest BCUT2D eigenvalue weighted by Gasteiger charge is 2.78. The van der Waals surface area contributed by atoms with E-state index in [4.69, 9.17) is 0 Å². The van der Waals surface area contributed by atoms with Crippen molar-refractivity contribution in [1.82, 2.24) is 20.4 Å². The van der Waals surface area contributed by atoms with E-state index in [-0.39, 0.29) is 49.3 Å². The first-order valence-corrected chi connectivity index (χ1v) is 17.7. The van der Waals surface area contributed by atoms with Gasteiger partial charge in [-0.25, -0.2) is 8.78 Å². The lowest BCUT2D eigenvalue weighted by atomic mass is 9.54. The number of nitrogens with zero attached hydrogens (tertiary/aromatic N) is 2. The van der Waals surface area contributed by atoms with Crippen LogP contribution in [0.25, 0.3) is 0 Å². The number of hydrogen-bond donors (Lipinski definition) is 4. The van der Waals surface area contributed by atoms with E-state index in [1.807, 2.05) is 60.7 Å². The first-order valence-electron chi connectivity index (χ1n) is 17.7. The van der Waals surface area contributed by atoms with Crippen molar-refractivity contribution in [3.8, 4) is 0 Å². The first kappa shape index (κ1) is 31.0. The van der Waals surface area contributed by atoms with Crippen LogP contribution in [0.15, 0.2) is 97.1 Å². The van der Waals surface area contributed by atoms with Crippen LogP contribution in [-0.4, -0.2) is 69.9 Å². The predicted octanol–water partition coefficient (Wildman–Crippen LogP) is 3.33. The molecule has 6 aliphatic heterocycles. The van der Waals surface area contributed by atoms with Crippen molar-refractivity contribution in [2.75, 3.05) is 10.6 Å². The Hall–Kier alpha value is -5.78. The van der Waals surface area contributed by atoms with Gasteiger partial charge in [-0.15, -0.1) is 0 Å². The number of hydrogen-bond acceptors (Lipinski definition) is 6. The SMILES string of the molecule is O=C1N[C@@H](Cc2ccccc2)C(=O)N2[C@H]3Nc4cc(F)ccc4C3(C34C[C@H]5C(=O)N[C@@H](Cc6ccccc6)C(=O)N5[C@H]3Nc3cc(F)ccc34)C[C@@H]12. The maximum atomic E-state index is 15.0. The second-order valence-electron chi connectivity index (χ2n) is 14.8. The molecule has 262 valence electrons. The van der Waals surface area contributed by atoms with Gasteiger partial charge in [-0.2, -0.15) is 0 Å². The van der Waals surface area contributed by atoms with Gasteiger partial charge in [0.25, 0.3) is 0 Å². The normalized spacial score (nSPS) is 32.1. The van der Waals surface area contributed by atoms with E-state index in [0.717, 1.165) is 11.1 Å². The first-order chi connectivity index (χ1) is 25.2. The highest BCUT2D eigenvalue weighted by molar-refractivity contribution is 6.01. The standard InChI is InChI=1S/C40H34F2N6O4/c41-23-11-13-25-27(17-23)45-37-39(25,19-31-33(49)43-29(35(51)47(31)37)15-21-7-3-1-4-8-21)40-20-32-34(50)44-30(16-22-9-5-2-6-10-22)36(52)48(32)38(40)46-28-18-24(42)12-14-26(28)40/h1-14,17-18,29-32,37-38,45-46H,15-16,19-20H2,(H,43,49)(H,44,50)/t29-,30-,31-,32-,37+,38+,39?,40?/m0/s1. The Balaban J connectivity index is 1.14. The fourth-order valence-corrected chi connectivity index (χ4v) is 10.4. The molecule has 52 heavy (non-hydrogen) atoms. The summed E-state index contributed by atoms with van der Waals surface area (Å²) in [6.07, 6.45) is -0.909. The Kier molecular flexibility index (Phi) is 6.48. The topological polar surface area (TPSA) is 123 Å². The molecule has 2 unspecified atom stereocenters. The molecule has 4 saturated heterocycles. The monoisotopic (exact) mass is 700 g/mol. The van der Waals surface area contributed by atoms with Gasteiger partial charge in [-0.05, 0) is 59.4 Å². The van der Waals surface area contributed by atoms with Gasteiger partial charge in [0.15, 0.2) is 0 Å². The van der Waals surface area contributed by atoms with Crippen LogP contribution in [0.3, 0.4) is 0 Å². The van der Waals surface area contributed by atoms with Crippen LogP contribution < -0.4 is 21.3 Å². The molecule has 0 aliphatic carbocycles. The molecule has 10 rings (SSSR count). The minimum atomic E-state index is -1.16. The maximum Gasteiger partial charge on any atom is 0.247 e. The van der Waals surface area contributed by atoms with E-state index >= 15 is 0 Å². The minimum Gasteiger partial charge on any atom is -0.364 e. The summed E-state index contributed by atoms with van der Waals surface area (Å²) in [5, 5.41) is 12.9. The van der Waals surface area contributed by atoms with Crippen molar-refractivity contribution in [2.45, 2.75) is 73.0 Å². The number of nitrogens with one attached hydrogen (secondary N) is 4. The van der Waals surface area contributed by atoms with Crippen LogP contribution in [-0.2, 0) is 42.8 Å². The molecular weight excluding hydrogens is 666 g/mol. The molecule has 0 saturated carbocycles. The second kappa shape index (κ2) is 10.9. The quantitative estimate of drug-likeness (QED) is 0.254. The zero-order valence-corrected chi connectivity index (χ0v) is 27.8. The molecule has 0 bridgehead atoms. The number of fused-ring (bicyclic) bond motifs is 11. The molecule has 4 aromatic rings. The molecule has 4 aromatic carbocycles. The van der Waals surface area contributed by atoms with E-state index in [1.54, 1.807) is 21.9 Å². The van der Waals surface area contributed by atoms with Crippen molar-refractivity contribution < 1.29 is 28.0 Å². The number of halogens is 2. The van der Waals surface area contributed by atoms with E-state index in [2.05, 4.69) is 21.3 Å². The lowest BCUT2D eigenvalue weighted by Crippen LogP contribution is -2.67. The molecule has 6 aliphatic rings. The zero-order chi connectivity index (χ0) is 35.5. The van der Waals surface area contributed by atoms with Gasteiger partial charge in [0.1, 0.15) is 48.1 Å². The predicted molar refractivity (Wildman–Crippen MR) is 186 cm³/mol. The zero-order valence-electron chi connectivity index (χ0n) is 27.8. The fraction of sp³-hybridized carbons (Fsp3) is 0.300. The number of benzene rings is 4. The van der Waals surface area contributed by atoms with Gasteiger partial charge in [0.2, 0.25) is 23.6 Å². The summed E-state index contributed by atoms with van der Waals surface area (Å²) in [5.41, 5.74) is 1.71. The van der Waals surface area contributed by atoms with Crippen LogP contribution in [0.2, 0.25) is 0 Å². The number of anilines is 2. The van der Waals surface area contributed by atoms with E-state index in [9.17, 15) is 28.0 Å². The third kappa shape index (κ3) is 4.03. The van der Waals surface area contributed by atoms with Crippen LogP contribution in [0, 0.1) is 11.6 Å². The summed E-state index contributed by atoms with van der Waals surface area (Å²) in [6.45, 7) is 0. The molecule has 0 aromatic heterocycles. The van der Waals surface area contributed by atoms with Gasteiger partial charge in [-0.3, -0.25) is 19.2 Å². The molecule has 0 spiro atoms. The summed E-state index contributed by atoms with van der Waals surface area (Å²) >= 11 is 0. The van der Waals surface area contributed by atoms with Gasteiger partial charge in [-0.1, -0.05) is 72.8 Å². The Morgan fingerprint density at radius 3 is 1.37 bits per heavy atom. The number of piperazine rings is 2. The van der Waals surface area contributed by atoms with Crippen LogP contribution in [0.5, 0.6) is 0 Å². The lowest BCUT2D eigenvalue weighted by Gasteiger charge is -2.48. The summed E-state index contributed by atoms with van der Waals surface area (Å²) in [5.74, 6) is -2.16. The molecule has 6 heterocycles. The molecule has 0 radical (unpaired) electrons. The van der Waals surface area contributed by atoms with E-state index < -0.39 is 59.0 Å². The Labute approximate surface area is 297 Å². The van der Waals surface area contributed by atoms with Gasteiger partial charge in [0, 0.05) is 24.2 Å². The number of carbonyl (C=O) groups excluding carboxylic acids is 4. The fourth-order valence-electron chi connectivity index (χ4n) is 10.4. The molecule has 12 heteroatoms. The largest absolute Gasteiger partial charge is 0.364 e. The minimum absolute atomic E-state index is 0.123. The van der Waals surface area contributed by atoms with Crippen molar-refractivity contribution in [2.24, 2.45) is 0 Å². The third-order valence-electron chi connectivity index (χ3n) is 12.4. The highest BCUT2D eigenvalue weighted by Crippen LogP contribution is 2.69. The number of rotatable bonds is 5. The summed E-state index contributed by atoms with van der Waals surface area (Å²) in [4.78, 5) is 60.8. The number of amides is 4. The molecule has 10 nitrogen and oxygen atoms in total. The second-order valence-corrected chi connectivity index (χ2v) is 14.8. The van der Waals surface area contributed by atoms with E-state index in [1.165, 1.54) is 24.3 Å². The summed E-state index contributed by atoms with van der Waals surface area (Å²) in [7, 11) is 0. The van der Waals surface area contributed by atoms with Crippen LogP contribution >= 0.6 is 0 Å². The molecular formula is C40H34F2N6O4. The van der Waals surface area contributed by atoms with Crippen molar-refractivity contribution >= 4 is 35.0 Å². The van der Waals surface area contributed by atoms with Crippen LogP contribution in [0.1, 0.15) is 35.1 Å². The molecule has 4 N–H and O–H groups in total. The summed E-state index contributed by atoms with van der Waals surface area (Å²) in [6, 6.07) is 24.2. The highest BCUT2D eigenvalue weighted by atomic mass is 19.1. The molecule has 8 atom stereocenters. The Bertz CT molecular complexity index is 2050. The van der Waals surface area contributed by atoms with Crippen molar-refractivity contribution in [1.29, 1.82) is 0 Å². The average Bonchev–Trinajstić information content (AvgIpc) is 3.84. The lowest BCUT2D eigenvalue weighted by molar-refractivity contribution is -0.149. The van der Waals surface area contributed by atoms with Crippen molar-refractivity contribution in [3.05, 3.63) is 131 Å². The Morgan fingerprint density at radius 2 is 0.962 bits per heavy atom. The molecule has 4 fully saturated rings. The van der Waals surface area contributed by atoms with Gasteiger partial charge < -0.3 is 31.1 Å². The number of carbonyl (C=O) groups is 4. The Morgan fingerprint density at radius 1 is 0.558 bits per heavy atom. The molecule has 4 amide bonds. The van der Waals surface area contributed by atoms with E-state index in [0.29, 0.717) is 22.5 Å². The summed E-state index contributed by atoms with van der Waals surface area (Å²) < 4.78 is 30.0.